The van der Waals surface area contributed by atoms with Crippen molar-refractivity contribution in [3.05, 3.63) is 53.6 Å². The topological polar surface area (TPSA) is 63.8 Å². The van der Waals surface area contributed by atoms with Gasteiger partial charge in [-0.25, -0.2) is 0 Å². The second kappa shape index (κ2) is 5.60. The van der Waals surface area contributed by atoms with Gasteiger partial charge in [0.15, 0.2) is 0 Å². The molecule has 0 amide bonds. The molecule has 0 aliphatic heterocycles. The maximum atomic E-state index is 6.03. The van der Waals surface area contributed by atoms with Crippen molar-refractivity contribution in [1.29, 1.82) is 0 Å². The monoisotopic (exact) mass is 242 g/mol. The second-order valence-corrected chi connectivity index (χ2v) is 4.15. The van der Waals surface area contributed by atoms with Gasteiger partial charge in [-0.15, -0.1) is 0 Å². The molecule has 0 fully saturated rings. The number of hydrogen-bond donors (Lipinski definition) is 2. The smallest absolute Gasteiger partial charge is 0.0613 e. The molecule has 94 valence electrons. The van der Waals surface area contributed by atoms with E-state index in [2.05, 4.69) is 22.2 Å². The summed E-state index contributed by atoms with van der Waals surface area (Å²) in [6.07, 6.45) is 8.19. The Morgan fingerprint density at radius 2 is 1.89 bits per heavy atom. The Hall–Kier alpha value is -1.94. The molecule has 2 rings (SSSR count). The number of aryl methyl sites for hydroxylation is 1. The fourth-order valence-corrected chi connectivity index (χ4v) is 2.15. The summed E-state index contributed by atoms with van der Waals surface area (Å²) in [5.74, 6) is 0. The van der Waals surface area contributed by atoms with Crippen LogP contribution in [0.15, 0.2) is 36.9 Å². The normalized spacial score (nSPS) is 12.3. The molecule has 18 heavy (non-hydrogen) atoms. The average molecular weight is 242 g/mol. The minimum atomic E-state index is 0.0525. The number of nitrogens with two attached hydrogens (primary N) is 1. The summed E-state index contributed by atoms with van der Waals surface area (Å²) in [7, 11) is 1.93. The molecule has 4 heteroatoms. The van der Waals surface area contributed by atoms with Crippen LogP contribution in [-0.4, -0.2) is 17.0 Å². The number of hydrogen-bond acceptors (Lipinski definition) is 4. The molecule has 0 aromatic carbocycles. The Labute approximate surface area is 107 Å². The van der Waals surface area contributed by atoms with Crippen LogP contribution in [0.2, 0.25) is 0 Å². The number of pyridine rings is 2. The van der Waals surface area contributed by atoms with Crippen molar-refractivity contribution < 1.29 is 0 Å². The van der Waals surface area contributed by atoms with Gasteiger partial charge < -0.3 is 11.1 Å². The summed E-state index contributed by atoms with van der Waals surface area (Å²) < 4.78 is 0. The van der Waals surface area contributed by atoms with E-state index in [0.717, 1.165) is 17.7 Å². The Bertz CT molecular complexity index is 525. The molecule has 0 saturated carbocycles. The molecular formula is C14H18N4. The molecular weight excluding hydrogens is 224 g/mol. The van der Waals surface area contributed by atoms with Crippen molar-refractivity contribution in [2.75, 3.05) is 12.8 Å². The Kier molecular flexibility index (Phi) is 3.89. The van der Waals surface area contributed by atoms with Crippen molar-refractivity contribution >= 4 is 5.69 Å². The van der Waals surface area contributed by atoms with Gasteiger partial charge in [0.2, 0.25) is 0 Å². The van der Waals surface area contributed by atoms with Gasteiger partial charge in [-0.1, -0.05) is 6.92 Å². The molecule has 0 radical (unpaired) electrons. The maximum Gasteiger partial charge on any atom is 0.0613 e. The standard InChI is InChI=1S/C14H18N4/c1-3-10-8-17-6-4-11(10)14(16-2)12-9-18-7-5-13(12)15/h4-9,14,16H,3H2,1-2H3,(H2,15,18). The molecule has 0 saturated heterocycles. The number of aromatic nitrogens is 2. The molecule has 0 aliphatic carbocycles. The highest BCUT2D eigenvalue weighted by molar-refractivity contribution is 5.50. The molecule has 4 nitrogen and oxygen atoms in total. The van der Waals surface area contributed by atoms with Crippen LogP contribution in [0.25, 0.3) is 0 Å². The van der Waals surface area contributed by atoms with Crippen LogP contribution in [-0.2, 0) is 6.42 Å². The Balaban J connectivity index is 2.49. The molecule has 2 aromatic heterocycles. The van der Waals surface area contributed by atoms with Crippen LogP contribution in [0.3, 0.4) is 0 Å². The number of nitrogens with one attached hydrogen (secondary N) is 1. The zero-order valence-electron chi connectivity index (χ0n) is 10.7. The fraction of sp³-hybridized carbons (Fsp3) is 0.286. The van der Waals surface area contributed by atoms with Crippen molar-refractivity contribution in [3.8, 4) is 0 Å². The highest BCUT2D eigenvalue weighted by Crippen LogP contribution is 2.27. The van der Waals surface area contributed by atoms with E-state index in [1.165, 1.54) is 11.1 Å². The quantitative estimate of drug-likeness (QED) is 0.860. The average Bonchev–Trinajstić information content (AvgIpc) is 2.42. The van der Waals surface area contributed by atoms with E-state index in [1.54, 1.807) is 6.20 Å². The van der Waals surface area contributed by atoms with Gasteiger partial charge in [0.05, 0.1) is 6.04 Å². The van der Waals surface area contributed by atoms with Crippen molar-refractivity contribution in [3.63, 3.8) is 0 Å². The summed E-state index contributed by atoms with van der Waals surface area (Å²) in [6.45, 7) is 2.12. The minimum absolute atomic E-state index is 0.0525. The van der Waals surface area contributed by atoms with Gasteiger partial charge in [-0.2, -0.15) is 0 Å². The summed E-state index contributed by atoms with van der Waals surface area (Å²) in [4.78, 5) is 8.33. The zero-order valence-corrected chi connectivity index (χ0v) is 10.7. The molecule has 2 aromatic rings. The molecule has 0 spiro atoms. The number of anilines is 1. The van der Waals surface area contributed by atoms with Gasteiger partial charge in [-0.3, -0.25) is 9.97 Å². The van der Waals surface area contributed by atoms with Crippen LogP contribution in [0, 0.1) is 0 Å². The van der Waals surface area contributed by atoms with E-state index in [4.69, 9.17) is 5.73 Å². The highest BCUT2D eigenvalue weighted by Gasteiger charge is 2.17. The summed E-state index contributed by atoms with van der Waals surface area (Å²) >= 11 is 0. The third-order valence-corrected chi connectivity index (χ3v) is 3.12. The lowest BCUT2D eigenvalue weighted by Gasteiger charge is -2.20. The van der Waals surface area contributed by atoms with Crippen molar-refractivity contribution in [2.24, 2.45) is 0 Å². The number of nitrogen functional groups attached to an aromatic ring is 1. The van der Waals surface area contributed by atoms with Crippen LogP contribution < -0.4 is 11.1 Å². The van der Waals surface area contributed by atoms with Gasteiger partial charge in [0, 0.05) is 36.0 Å². The lowest BCUT2D eigenvalue weighted by Crippen LogP contribution is -2.20. The van der Waals surface area contributed by atoms with E-state index >= 15 is 0 Å². The molecule has 0 aliphatic rings. The lowest BCUT2D eigenvalue weighted by atomic mass is 9.95. The molecule has 0 bridgehead atoms. The zero-order chi connectivity index (χ0) is 13.0. The Morgan fingerprint density at radius 3 is 2.56 bits per heavy atom. The van der Waals surface area contributed by atoms with E-state index in [1.807, 2.05) is 37.8 Å². The Morgan fingerprint density at radius 1 is 1.17 bits per heavy atom. The lowest BCUT2D eigenvalue weighted by molar-refractivity contribution is 0.681. The molecule has 1 unspecified atom stereocenters. The maximum absolute atomic E-state index is 6.03. The SMILES string of the molecule is CCc1cnccc1C(NC)c1cnccc1N. The van der Waals surface area contributed by atoms with Crippen LogP contribution >= 0.6 is 0 Å². The van der Waals surface area contributed by atoms with Crippen LogP contribution in [0.4, 0.5) is 5.69 Å². The predicted octanol–water partition coefficient (Wildman–Crippen LogP) is 1.93. The second-order valence-electron chi connectivity index (χ2n) is 4.15. The fourth-order valence-electron chi connectivity index (χ4n) is 2.15. The van der Waals surface area contributed by atoms with E-state index in [0.29, 0.717) is 0 Å². The van der Waals surface area contributed by atoms with Gasteiger partial charge >= 0.3 is 0 Å². The molecule has 1 atom stereocenters. The first-order chi connectivity index (χ1) is 8.77. The van der Waals surface area contributed by atoms with Crippen molar-refractivity contribution in [2.45, 2.75) is 19.4 Å². The van der Waals surface area contributed by atoms with Gasteiger partial charge in [0.1, 0.15) is 0 Å². The molecule has 2 heterocycles. The summed E-state index contributed by atoms with van der Waals surface area (Å²) in [5.41, 5.74) is 10.2. The highest BCUT2D eigenvalue weighted by atomic mass is 14.9. The van der Waals surface area contributed by atoms with Crippen LogP contribution in [0.5, 0.6) is 0 Å². The largest absolute Gasteiger partial charge is 0.398 e. The third kappa shape index (κ3) is 2.33. The van der Waals surface area contributed by atoms with E-state index < -0.39 is 0 Å². The van der Waals surface area contributed by atoms with E-state index in [9.17, 15) is 0 Å². The predicted molar refractivity (Wildman–Crippen MR) is 73.2 cm³/mol. The van der Waals surface area contributed by atoms with Crippen molar-refractivity contribution in [1.82, 2.24) is 15.3 Å². The van der Waals surface area contributed by atoms with Gasteiger partial charge in [0.25, 0.3) is 0 Å². The first kappa shape index (κ1) is 12.5. The summed E-state index contributed by atoms with van der Waals surface area (Å²) in [6, 6.07) is 3.91. The number of rotatable bonds is 4. The summed E-state index contributed by atoms with van der Waals surface area (Å²) in [5, 5.41) is 3.30. The first-order valence-corrected chi connectivity index (χ1v) is 6.07. The minimum Gasteiger partial charge on any atom is -0.398 e. The first-order valence-electron chi connectivity index (χ1n) is 6.07. The van der Waals surface area contributed by atoms with Crippen LogP contribution in [0.1, 0.15) is 29.7 Å². The van der Waals surface area contributed by atoms with E-state index in [-0.39, 0.29) is 6.04 Å². The molecule has 3 N–H and O–H groups in total. The van der Waals surface area contributed by atoms with Gasteiger partial charge in [-0.05, 0) is 36.7 Å². The third-order valence-electron chi connectivity index (χ3n) is 3.12. The number of nitrogens with zero attached hydrogens (tertiary/aromatic N) is 2.